The second-order valence-corrected chi connectivity index (χ2v) is 10.7. The number of benzene rings is 1. The molecular weight excluding hydrogens is 360 g/mol. The highest BCUT2D eigenvalue weighted by molar-refractivity contribution is 5.90. The van der Waals surface area contributed by atoms with Crippen LogP contribution in [0.3, 0.4) is 0 Å². The van der Waals surface area contributed by atoms with E-state index in [2.05, 4.69) is 28.8 Å². The summed E-state index contributed by atoms with van der Waals surface area (Å²) in [6.07, 6.45) is 9.02. The van der Waals surface area contributed by atoms with E-state index in [9.17, 15) is 9.59 Å². The van der Waals surface area contributed by atoms with Gasteiger partial charge in [0.25, 0.3) is 0 Å². The Morgan fingerprint density at radius 1 is 1.00 bits per heavy atom. The molecule has 2 atom stereocenters. The molecule has 5 aliphatic rings. The third-order valence-electron chi connectivity index (χ3n) is 8.20. The molecule has 29 heavy (non-hydrogen) atoms. The summed E-state index contributed by atoms with van der Waals surface area (Å²) in [7, 11) is 0. The van der Waals surface area contributed by atoms with Gasteiger partial charge in [0.15, 0.2) is 0 Å². The summed E-state index contributed by atoms with van der Waals surface area (Å²) in [6, 6.07) is 7.98. The fourth-order valence-corrected chi connectivity index (χ4v) is 7.19. The van der Waals surface area contributed by atoms with E-state index in [-0.39, 0.29) is 29.2 Å². The maximum atomic E-state index is 13.5. The Hall–Kier alpha value is -1.84. The van der Waals surface area contributed by atoms with Crippen molar-refractivity contribution in [2.75, 3.05) is 0 Å². The minimum Gasteiger partial charge on any atom is -0.347 e. The van der Waals surface area contributed by atoms with Crippen molar-refractivity contribution in [2.45, 2.75) is 77.3 Å². The minimum absolute atomic E-state index is 0.0280. The van der Waals surface area contributed by atoms with Gasteiger partial charge < -0.3 is 10.6 Å². The van der Waals surface area contributed by atoms with E-state index in [0.717, 1.165) is 49.9 Å². The average molecular weight is 395 g/mol. The highest BCUT2D eigenvalue weighted by Gasteiger charge is 2.55. The van der Waals surface area contributed by atoms with Gasteiger partial charge in [-0.2, -0.15) is 0 Å². The third-order valence-corrected chi connectivity index (χ3v) is 8.20. The van der Waals surface area contributed by atoms with Crippen LogP contribution < -0.4 is 10.6 Å². The Morgan fingerprint density at radius 3 is 2.24 bits per heavy atom. The molecule has 2 unspecified atom stereocenters. The zero-order valence-corrected chi connectivity index (χ0v) is 17.7. The lowest BCUT2D eigenvalue weighted by molar-refractivity contribution is -0.149. The summed E-state index contributed by atoms with van der Waals surface area (Å²) in [5.41, 5.74) is 2.36. The van der Waals surface area contributed by atoms with Gasteiger partial charge in [-0.05, 0) is 86.2 Å². The molecule has 0 aliphatic heterocycles. The number of rotatable bonds is 5. The highest BCUT2D eigenvalue weighted by Crippen LogP contribution is 2.60. The number of hydrogen-bond donors (Lipinski definition) is 2. The molecule has 4 nitrogen and oxygen atoms in total. The van der Waals surface area contributed by atoms with Crippen LogP contribution in [-0.4, -0.2) is 17.9 Å². The zero-order chi connectivity index (χ0) is 20.2. The predicted octanol–water partition coefficient (Wildman–Crippen LogP) is 4.15. The van der Waals surface area contributed by atoms with E-state index >= 15 is 0 Å². The molecule has 156 valence electrons. The summed E-state index contributed by atoms with van der Waals surface area (Å²) < 4.78 is 0. The number of nitrogens with one attached hydrogen (secondary N) is 2. The first-order valence-electron chi connectivity index (χ1n) is 11.6. The lowest BCUT2D eigenvalue weighted by atomic mass is 9.49. The molecule has 5 aliphatic carbocycles. The van der Waals surface area contributed by atoms with E-state index in [1.54, 1.807) is 0 Å². The van der Waals surface area contributed by atoms with Crippen LogP contribution in [-0.2, 0) is 16.0 Å². The molecular formula is C25H34N2O2. The van der Waals surface area contributed by atoms with Gasteiger partial charge in [0.05, 0.1) is 6.04 Å². The fourth-order valence-electron chi connectivity index (χ4n) is 7.19. The van der Waals surface area contributed by atoms with Crippen LogP contribution in [0.5, 0.6) is 0 Å². The molecule has 4 saturated carbocycles. The number of aryl methyl sites for hydroxylation is 1. The van der Waals surface area contributed by atoms with Crippen LogP contribution in [0.25, 0.3) is 0 Å². The molecule has 1 aromatic carbocycles. The fraction of sp³-hybridized carbons (Fsp3) is 0.680. The van der Waals surface area contributed by atoms with E-state index in [4.69, 9.17) is 0 Å². The number of amides is 2. The quantitative estimate of drug-likeness (QED) is 0.788. The van der Waals surface area contributed by atoms with Crippen molar-refractivity contribution in [3.05, 3.63) is 35.4 Å². The van der Waals surface area contributed by atoms with Gasteiger partial charge in [-0.15, -0.1) is 0 Å². The van der Waals surface area contributed by atoms with E-state index in [0.29, 0.717) is 0 Å². The zero-order valence-electron chi connectivity index (χ0n) is 17.7. The standard InChI is InChI=1S/C25H34N2O2/c1-15(2)22(23(28)26-21-8-7-19-5-3-4-6-20(19)21)27-24(29)25-12-16-9-17(13-25)11-18(10-16)14-25/h3-6,15-18,21-22H,7-14H2,1-2H3,(H,26,28)(H,27,29). The van der Waals surface area contributed by atoms with Gasteiger partial charge in [0.2, 0.25) is 11.8 Å². The van der Waals surface area contributed by atoms with Crippen molar-refractivity contribution in [1.29, 1.82) is 0 Å². The highest BCUT2D eigenvalue weighted by atomic mass is 16.2. The molecule has 0 aromatic heterocycles. The van der Waals surface area contributed by atoms with E-state index in [1.807, 2.05) is 19.9 Å². The van der Waals surface area contributed by atoms with E-state index in [1.165, 1.54) is 30.4 Å². The van der Waals surface area contributed by atoms with Crippen molar-refractivity contribution in [2.24, 2.45) is 29.1 Å². The Labute approximate surface area is 174 Å². The van der Waals surface area contributed by atoms with Crippen molar-refractivity contribution in [3.63, 3.8) is 0 Å². The molecule has 2 amide bonds. The second kappa shape index (κ2) is 7.14. The molecule has 6 rings (SSSR count). The first-order valence-corrected chi connectivity index (χ1v) is 11.6. The largest absolute Gasteiger partial charge is 0.347 e. The summed E-state index contributed by atoms with van der Waals surface area (Å²) in [5.74, 6) is 2.39. The van der Waals surface area contributed by atoms with Crippen LogP contribution in [0.4, 0.5) is 0 Å². The molecule has 0 saturated heterocycles. The molecule has 0 heterocycles. The smallest absolute Gasteiger partial charge is 0.243 e. The minimum atomic E-state index is -0.455. The number of carbonyl (C=O) groups excluding carboxylic acids is 2. The van der Waals surface area contributed by atoms with Crippen molar-refractivity contribution < 1.29 is 9.59 Å². The number of fused-ring (bicyclic) bond motifs is 1. The van der Waals surface area contributed by atoms with Crippen molar-refractivity contribution in [3.8, 4) is 0 Å². The van der Waals surface area contributed by atoms with E-state index < -0.39 is 6.04 Å². The lowest BCUT2D eigenvalue weighted by Crippen LogP contribution is -2.58. The average Bonchev–Trinajstić information content (AvgIpc) is 3.07. The molecule has 0 radical (unpaired) electrons. The third kappa shape index (κ3) is 3.39. The van der Waals surface area contributed by atoms with Crippen LogP contribution in [0, 0.1) is 29.1 Å². The first kappa shape index (κ1) is 19.1. The Bertz CT molecular complexity index is 780. The van der Waals surface area contributed by atoms with Gasteiger partial charge in [-0.1, -0.05) is 38.1 Å². The van der Waals surface area contributed by atoms with Crippen LogP contribution >= 0.6 is 0 Å². The Morgan fingerprint density at radius 2 is 1.62 bits per heavy atom. The first-order chi connectivity index (χ1) is 13.9. The Kier molecular flexibility index (Phi) is 4.71. The van der Waals surface area contributed by atoms with Crippen LogP contribution in [0.1, 0.15) is 76.0 Å². The summed E-state index contributed by atoms with van der Waals surface area (Å²) in [4.78, 5) is 26.6. The summed E-state index contributed by atoms with van der Waals surface area (Å²) in [6.45, 7) is 4.07. The van der Waals surface area contributed by atoms with Gasteiger partial charge in [0, 0.05) is 5.41 Å². The second-order valence-electron chi connectivity index (χ2n) is 10.7. The van der Waals surface area contributed by atoms with Gasteiger partial charge in [-0.25, -0.2) is 0 Å². The van der Waals surface area contributed by atoms with Crippen LogP contribution in [0.15, 0.2) is 24.3 Å². The maximum Gasteiger partial charge on any atom is 0.243 e. The molecule has 4 heteroatoms. The van der Waals surface area contributed by atoms with Crippen molar-refractivity contribution >= 4 is 11.8 Å². The molecule has 4 fully saturated rings. The SMILES string of the molecule is CC(C)C(NC(=O)C12CC3CC(CC(C3)C1)C2)C(=O)NC1CCc2ccccc21. The molecule has 0 spiro atoms. The predicted molar refractivity (Wildman–Crippen MR) is 113 cm³/mol. The molecule has 2 N–H and O–H groups in total. The normalized spacial score (nSPS) is 35.4. The number of carbonyl (C=O) groups is 2. The van der Waals surface area contributed by atoms with Crippen molar-refractivity contribution in [1.82, 2.24) is 10.6 Å². The molecule has 4 bridgehead atoms. The number of hydrogen-bond acceptors (Lipinski definition) is 2. The topological polar surface area (TPSA) is 58.2 Å². The summed E-state index contributed by atoms with van der Waals surface area (Å²) >= 11 is 0. The summed E-state index contributed by atoms with van der Waals surface area (Å²) in [5, 5.41) is 6.46. The van der Waals surface area contributed by atoms with Gasteiger partial charge >= 0.3 is 0 Å². The molecule has 1 aromatic rings. The van der Waals surface area contributed by atoms with Gasteiger partial charge in [-0.3, -0.25) is 9.59 Å². The maximum absolute atomic E-state index is 13.5. The Balaban J connectivity index is 1.28. The van der Waals surface area contributed by atoms with Crippen LogP contribution in [0.2, 0.25) is 0 Å². The lowest BCUT2D eigenvalue weighted by Gasteiger charge is -2.55. The van der Waals surface area contributed by atoms with Gasteiger partial charge in [0.1, 0.15) is 6.04 Å². The monoisotopic (exact) mass is 394 g/mol.